The van der Waals surface area contributed by atoms with Crippen molar-refractivity contribution in [2.24, 2.45) is 0 Å². The summed E-state index contributed by atoms with van der Waals surface area (Å²) in [6.07, 6.45) is 1.55. The van der Waals surface area contributed by atoms with Gasteiger partial charge < -0.3 is 14.5 Å². The molecule has 1 heterocycles. The van der Waals surface area contributed by atoms with Crippen molar-refractivity contribution < 1.29 is 14.3 Å². The van der Waals surface area contributed by atoms with Crippen molar-refractivity contribution in [1.82, 2.24) is 14.8 Å². The first-order valence-electron chi connectivity index (χ1n) is 6.81. The molecule has 0 aliphatic heterocycles. The number of rotatable bonds is 8. The first-order chi connectivity index (χ1) is 9.92. The molecule has 0 spiro atoms. The number of likely N-dealkylation sites (N-methyl/N-ethyl adjacent to an activating group) is 1. The van der Waals surface area contributed by atoms with Gasteiger partial charge in [-0.2, -0.15) is 0 Å². The predicted octanol–water partition coefficient (Wildman–Crippen LogP) is 1.16. The van der Waals surface area contributed by atoms with Crippen LogP contribution in [0.2, 0.25) is 0 Å². The highest BCUT2D eigenvalue weighted by Gasteiger charge is 2.11. The Hall–Kier alpha value is -1.47. The van der Waals surface area contributed by atoms with E-state index >= 15 is 0 Å². The van der Waals surface area contributed by atoms with Gasteiger partial charge in [0.05, 0.1) is 19.2 Å². The van der Waals surface area contributed by atoms with E-state index in [-0.39, 0.29) is 11.9 Å². The number of esters is 1. The third-order valence-electron chi connectivity index (χ3n) is 2.98. The molecule has 0 atom stereocenters. The number of carbonyl (C=O) groups excluding carboxylic acids is 2. The first kappa shape index (κ1) is 17.6. The molecule has 0 aliphatic carbocycles. The lowest BCUT2D eigenvalue weighted by Gasteiger charge is -2.14. The molecule has 0 unspecified atom stereocenters. The van der Waals surface area contributed by atoms with Gasteiger partial charge in [0.25, 0.3) is 0 Å². The molecule has 0 saturated heterocycles. The molecule has 0 radical (unpaired) electrons. The number of hydrogen-bond acceptors (Lipinski definition) is 6. The van der Waals surface area contributed by atoms with Gasteiger partial charge >= 0.3 is 5.97 Å². The Morgan fingerprint density at radius 2 is 2.05 bits per heavy atom. The van der Waals surface area contributed by atoms with Crippen LogP contribution in [0.15, 0.2) is 5.38 Å². The van der Waals surface area contributed by atoms with Crippen molar-refractivity contribution in [3.63, 3.8) is 0 Å². The summed E-state index contributed by atoms with van der Waals surface area (Å²) in [5, 5.41) is 2.82. The average molecular weight is 313 g/mol. The third kappa shape index (κ3) is 6.68. The second kappa shape index (κ2) is 8.74. The summed E-state index contributed by atoms with van der Waals surface area (Å²) in [5.41, 5.74) is 0.960. The van der Waals surface area contributed by atoms with E-state index < -0.39 is 0 Å². The van der Waals surface area contributed by atoms with Crippen molar-refractivity contribution in [1.29, 1.82) is 0 Å². The van der Waals surface area contributed by atoms with Gasteiger partial charge in [-0.15, -0.1) is 11.3 Å². The van der Waals surface area contributed by atoms with E-state index in [9.17, 15) is 9.59 Å². The highest BCUT2D eigenvalue weighted by atomic mass is 32.1. The zero-order chi connectivity index (χ0) is 15.8. The maximum absolute atomic E-state index is 11.6. The molecule has 0 aliphatic rings. The summed E-state index contributed by atoms with van der Waals surface area (Å²) in [6, 6.07) is 0. The molecule has 0 aromatic carbocycles. The van der Waals surface area contributed by atoms with E-state index in [2.05, 4.69) is 14.6 Å². The lowest BCUT2D eigenvalue weighted by molar-refractivity contribution is -0.140. The fraction of sp³-hybridized carbons (Fsp3) is 0.643. The molecule has 7 heteroatoms. The molecule has 21 heavy (non-hydrogen) atoms. The van der Waals surface area contributed by atoms with Gasteiger partial charge in [-0.3, -0.25) is 9.59 Å². The summed E-state index contributed by atoms with van der Waals surface area (Å²) in [4.78, 5) is 30.8. The zero-order valence-corrected chi connectivity index (χ0v) is 13.9. The topological polar surface area (TPSA) is 62.7 Å². The van der Waals surface area contributed by atoms with E-state index in [1.807, 2.05) is 12.4 Å². The summed E-state index contributed by atoms with van der Waals surface area (Å²) < 4.78 is 4.61. The number of methoxy groups -OCH3 is 1. The van der Waals surface area contributed by atoms with Crippen LogP contribution in [0.5, 0.6) is 0 Å². The van der Waals surface area contributed by atoms with Gasteiger partial charge in [0.2, 0.25) is 5.91 Å². The Labute approximate surface area is 129 Å². The van der Waals surface area contributed by atoms with E-state index in [4.69, 9.17) is 0 Å². The fourth-order valence-corrected chi connectivity index (χ4v) is 2.52. The lowest BCUT2D eigenvalue weighted by atomic mass is 10.3. The Kier molecular flexibility index (Phi) is 7.31. The second-order valence-electron chi connectivity index (χ2n) is 5.11. The molecule has 0 N–H and O–H groups in total. The maximum atomic E-state index is 11.6. The Morgan fingerprint density at radius 1 is 1.33 bits per heavy atom. The highest BCUT2D eigenvalue weighted by molar-refractivity contribution is 7.09. The number of nitrogens with zero attached hydrogens (tertiary/aromatic N) is 3. The predicted molar refractivity (Wildman–Crippen MR) is 82.1 cm³/mol. The van der Waals surface area contributed by atoms with Gasteiger partial charge in [-0.1, -0.05) is 0 Å². The number of aromatic nitrogens is 1. The summed E-state index contributed by atoms with van der Waals surface area (Å²) in [7, 11) is 6.87. The standard InChI is InChI=1S/C14H23N3O3S/c1-16(2)13(18)8-12-15-11(10-21-12)9-17(3)7-5-6-14(19)20-4/h10H,5-9H2,1-4H3. The number of carbonyl (C=O) groups is 2. The SMILES string of the molecule is COC(=O)CCCN(C)Cc1csc(CC(=O)N(C)C)n1. The van der Waals surface area contributed by atoms with Crippen LogP contribution in [0.4, 0.5) is 0 Å². The molecular formula is C14H23N3O3S. The number of hydrogen-bond donors (Lipinski definition) is 0. The molecule has 1 aromatic heterocycles. The minimum Gasteiger partial charge on any atom is -0.469 e. The van der Waals surface area contributed by atoms with Crippen LogP contribution in [0.3, 0.4) is 0 Å². The van der Waals surface area contributed by atoms with Crippen molar-refractivity contribution in [3.05, 3.63) is 16.1 Å². The van der Waals surface area contributed by atoms with Gasteiger partial charge in [0.1, 0.15) is 5.01 Å². The lowest BCUT2D eigenvalue weighted by Crippen LogP contribution is -2.23. The van der Waals surface area contributed by atoms with Crippen LogP contribution >= 0.6 is 11.3 Å². The smallest absolute Gasteiger partial charge is 0.305 e. The molecule has 0 fully saturated rings. The summed E-state index contributed by atoms with van der Waals surface area (Å²) in [6.45, 7) is 1.52. The van der Waals surface area contributed by atoms with Crippen LogP contribution in [-0.2, 0) is 27.3 Å². The number of thiazole rings is 1. The minimum atomic E-state index is -0.179. The molecule has 1 amide bonds. The van der Waals surface area contributed by atoms with Crippen molar-refractivity contribution in [2.75, 3.05) is 34.8 Å². The Balaban J connectivity index is 2.36. The molecule has 6 nitrogen and oxygen atoms in total. The van der Waals surface area contributed by atoms with Crippen LogP contribution < -0.4 is 0 Å². The van der Waals surface area contributed by atoms with Gasteiger partial charge in [-0.25, -0.2) is 4.98 Å². The Morgan fingerprint density at radius 3 is 2.67 bits per heavy atom. The third-order valence-corrected chi connectivity index (χ3v) is 3.88. The van der Waals surface area contributed by atoms with Gasteiger partial charge in [0.15, 0.2) is 0 Å². The summed E-state index contributed by atoms with van der Waals surface area (Å²) >= 11 is 1.51. The Bertz CT molecular complexity index is 474. The number of ether oxygens (including phenoxy) is 1. The van der Waals surface area contributed by atoms with Crippen LogP contribution in [-0.4, -0.2) is 61.5 Å². The second-order valence-corrected chi connectivity index (χ2v) is 6.06. The zero-order valence-electron chi connectivity index (χ0n) is 13.1. The minimum absolute atomic E-state index is 0.0577. The van der Waals surface area contributed by atoms with E-state index in [0.29, 0.717) is 19.4 Å². The van der Waals surface area contributed by atoms with Crippen molar-refractivity contribution in [2.45, 2.75) is 25.8 Å². The molecule has 0 saturated carbocycles. The van der Waals surface area contributed by atoms with E-state index in [1.165, 1.54) is 18.4 Å². The van der Waals surface area contributed by atoms with Gasteiger partial charge in [-0.05, 0) is 20.0 Å². The average Bonchev–Trinajstić information content (AvgIpc) is 2.85. The van der Waals surface area contributed by atoms with Crippen molar-refractivity contribution in [3.8, 4) is 0 Å². The van der Waals surface area contributed by atoms with Crippen LogP contribution in [0.1, 0.15) is 23.5 Å². The molecule has 1 rings (SSSR count). The monoisotopic (exact) mass is 313 g/mol. The molecule has 1 aromatic rings. The van der Waals surface area contributed by atoms with E-state index in [0.717, 1.165) is 23.7 Å². The van der Waals surface area contributed by atoms with Crippen molar-refractivity contribution >= 4 is 23.2 Å². The molecule has 118 valence electrons. The van der Waals surface area contributed by atoms with Gasteiger partial charge in [0, 0.05) is 32.4 Å². The quantitative estimate of drug-likeness (QED) is 0.674. The maximum Gasteiger partial charge on any atom is 0.305 e. The van der Waals surface area contributed by atoms with Crippen LogP contribution in [0, 0.1) is 0 Å². The normalized spacial score (nSPS) is 10.7. The first-order valence-corrected chi connectivity index (χ1v) is 7.69. The fourth-order valence-electron chi connectivity index (χ4n) is 1.74. The largest absolute Gasteiger partial charge is 0.469 e. The summed E-state index contributed by atoms with van der Waals surface area (Å²) in [5.74, 6) is -0.121. The number of amides is 1. The molecular weight excluding hydrogens is 290 g/mol. The van der Waals surface area contributed by atoms with E-state index in [1.54, 1.807) is 19.0 Å². The van der Waals surface area contributed by atoms with Crippen LogP contribution in [0.25, 0.3) is 0 Å². The highest BCUT2D eigenvalue weighted by Crippen LogP contribution is 2.13. The molecule has 0 bridgehead atoms.